The summed E-state index contributed by atoms with van der Waals surface area (Å²) in [5.74, 6) is 0.781. The van der Waals surface area contributed by atoms with E-state index in [1.54, 1.807) is 6.20 Å². The summed E-state index contributed by atoms with van der Waals surface area (Å²) in [6, 6.07) is 0. The number of hydrogen-bond acceptors (Lipinski definition) is 4. The molecule has 0 radical (unpaired) electrons. The number of aromatic nitrogens is 2. The molecular formula is C11H15BrClN3O. The first-order chi connectivity index (χ1) is 8.02. The van der Waals surface area contributed by atoms with E-state index in [-0.39, 0.29) is 11.7 Å². The van der Waals surface area contributed by atoms with Crippen molar-refractivity contribution in [3.63, 3.8) is 0 Å². The minimum atomic E-state index is -0.203. The maximum Gasteiger partial charge on any atom is 0.151 e. The highest BCUT2D eigenvalue weighted by molar-refractivity contribution is 9.09. The molecule has 1 atom stereocenters. The molecule has 1 fully saturated rings. The fourth-order valence-corrected chi connectivity index (χ4v) is 2.64. The number of ether oxygens (including phenoxy) is 1. The van der Waals surface area contributed by atoms with Crippen LogP contribution < -0.4 is 4.90 Å². The zero-order valence-electron chi connectivity index (χ0n) is 9.86. The summed E-state index contributed by atoms with van der Waals surface area (Å²) in [5.41, 5.74) is -0.203. The van der Waals surface area contributed by atoms with E-state index < -0.39 is 0 Å². The lowest BCUT2D eigenvalue weighted by Gasteiger charge is -2.43. The minimum Gasteiger partial charge on any atom is -0.368 e. The Bertz CT molecular complexity index is 402. The second-order valence-corrected chi connectivity index (χ2v) is 5.78. The van der Waals surface area contributed by atoms with E-state index in [0.29, 0.717) is 5.02 Å². The molecule has 0 saturated carbocycles. The second kappa shape index (κ2) is 5.08. The van der Waals surface area contributed by atoms with Crippen molar-refractivity contribution in [2.45, 2.75) is 25.6 Å². The fourth-order valence-electron chi connectivity index (χ4n) is 2.08. The van der Waals surface area contributed by atoms with Gasteiger partial charge in [0.1, 0.15) is 11.3 Å². The van der Waals surface area contributed by atoms with E-state index >= 15 is 0 Å². The normalized spacial score (nSPS) is 23.8. The fraction of sp³-hybridized carbons (Fsp3) is 0.636. The monoisotopic (exact) mass is 319 g/mol. The van der Waals surface area contributed by atoms with Crippen molar-refractivity contribution < 1.29 is 4.74 Å². The van der Waals surface area contributed by atoms with Gasteiger partial charge >= 0.3 is 0 Å². The van der Waals surface area contributed by atoms with Crippen LogP contribution in [0.4, 0.5) is 5.82 Å². The first kappa shape index (κ1) is 13.1. The molecule has 1 aliphatic rings. The molecule has 1 aromatic rings. The largest absolute Gasteiger partial charge is 0.368 e. The lowest BCUT2D eigenvalue weighted by atomic mass is 10.1. The van der Waals surface area contributed by atoms with Gasteiger partial charge in [-0.2, -0.15) is 0 Å². The molecule has 1 saturated heterocycles. The number of alkyl halides is 1. The van der Waals surface area contributed by atoms with Crippen LogP contribution in [0, 0.1) is 0 Å². The van der Waals surface area contributed by atoms with Crippen LogP contribution in [0.1, 0.15) is 13.8 Å². The van der Waals surface area contributed by atoms with Gasteiger partial charge in [-0.05, 0) is 13.8 Å². The van der Waals surface area contributed by atoms with Gasteiger partial charge in [-0.25, -0.2) is 9.97 Å². The summed E-state index contributed by atoms with van der Waals surface area (Å²) in [7, 11) is 0. The van der Waals surface area contributed by atoms with Gasteiger partial charge in [-0.15, -0.1) is 0 Å². The third-order valence-electron chi connectivity index (χ3n) is 2.60. The summed E-state index contributed by atoms with van der Waals surface area (Å²) in [6.45, 7) is 5.70. The van der Waals surface area contributed by atoms with Crippen molar-refractivity contribution in [2.75, 3.05) is 23.3 Å². The minimum absolute atomic E-state index is 0.143. The Kier molecular flexibility index (Phi) is 3.90. The molecule has 1 aliphatic heterocycles. The molecule has 94 valence electrons. The Morgan fingerprint density at radius 3 is 3.06 bits per heavy atom. The Morgan fingerprint density at radius 2 is 2.41 bits per heavy atom. The van der Waals surface area contributed by atoms with Gasteiger partial charge in [-0.3, -0.25) is 0 Å². The molecule has 2 heterocycles. The van der Waals surface area contributed by atoms with E-state index in [2.05, 4.69) is 44.6 Å². The van der Waals surface area contributed by atoms with Gasteiger partial charge in [0, 0.05) is 18.4 Å². The molecule has 4 nitrogen and oxygen atoms in total. The molecule has 1 aromatic heterocycles. The van der Waals surface area contributed by atoms with E-state index in [1.165, 1.54) is 6.33 Å². The van der Waals surface area contributed by atoms with E-state index in [1.807, 2.05) is 0 Å². The summed E-state index contributed by atoms with van der Waals surface area (Å²) < 4.78 is 5.94. The first-order valence-corrected chi connectivity index (χ1v) is 6.96. The third kappa shape index (κ3) is 3.09. The average Bonchev–Trinajstić information content (AvgIpc) is 2.27. The highest BCUT2D eigenvalue weighted by Crippen LogP contribution is 2.29. The molecule has 1 unspecified atom stereocenters. The van der Waals surface area contributed by atoms with Crippen LogP contribution in [0.3, 0.4) is 0 Å². The third-order valence-corrected chi connectivity index (χ3v) is 3.59. The lowest BCUT2D eigenvalue weighted by Crippen LogP contribution is -2.53. The van der Waals surface area contributed by atoms with E-state index in [0.717, 1.165) is 24.2 Å². The highest BCUT2D eigenvalue weighted by Gasteiger charge is 2.34. The second-order valence-electron chi connectivity index (χ2n) is 4.73. The Balaban J connectivity index is 2.24. The molecule has 0 aliphatic carbocycles. The summed E-state index contributed by atoms with van der Waals surface area (Å²) in [5, 5.41) is 1.38. The molecule has 17 heavy (non-hydrogen) atoms. The zero-order chi connectivity index (χ0) is 12.5. The van der Waals surface area contributed by atoms with Crippen LogP contribution in [0.5, 0.6) is 0 Å². The number of hydrogen-bond donors (Lipinski definition) is 0. The van der Waals surface area contributed by atoms with Crippen LogP contribution in [0.2, 0.25) is 5.02 Å². The maximum absolute atomic E-state index is 6.12. The topological polar surface area (TPSA) is 38.2 Å². The lowest BCUT2D eigenvalue weighted by molar-refractivity contribution is -0.0725. The van der Waals surface area contributed by atoms with Crippen molar-refractivity contribution in [2.24, 2.45) is 0 Å². The van der Waals surface area contributed by atoms with E-state index in [9.17, 15) is 0 Å². The van der Waals surface area contributed by atoms with Gasteiger partial charge in [0.2, 0.25) is 0 Å². The number of halogens is 2. The quantitative estimate of drug-likeness (QED) is 0.785. The predicted molar refractivity (Wildman–Crippen MR) is 72.0 cm³/mol. The molecule has 6 heteroatoms. The summed E-state index contributed by atoms with van der Waals surface area (Å²) in [6.07, 6.45) is 3.28. The van der Waals surface area contributed by atoms with Crippen LogP contribution in [0.15, 0.2) is 12.5 Å². The summed E-state index contributed by atoms with van der Waals surface area (Å²) in [4.78, 5) is 10.3. The van der Waals surface area contributed by atoms with Crippen LogP contribution in [0.25, 0.3) is 0 Å². The van der Waals surface area contributed by atoms with Crippen molar-refractivity contribution in [1.82, 2.24) is 9.97 Å². The van der Waals surface area contributed by atoms with Gasteiger partial charge in [0.15, 0.2) is 5.82 Å². The molecule has 0 spiro atoms. The maximum atomic E-state index is 6.12. The standard InChI is InChI=1S/C11H15BrClN3O/c1-11(2)6-16(5-8(3-12)17-11)10-9(13)4-14-7-15-10/h4,7-8H,3,5-6H2,1-2H3. The first-order valence-electron chi connectivity index (χ1n) is 5.46. The molecular weight excluding hydrogens is 305 g/mol. The zero-order valence-corrected chi connectivity index (χ0v) is 12.2. The SMILES string of the molecule is CC1(C)CN(c2ncncc2Cl)CC(CBr)O1. The average molecular weight is 321 g/mol. The number of nitrogens with zero attached hydrogens (tertiary/aromatic N) is 3. The van der Waals surface area contributed by atoms with Crippen molar-refractivity contribution in [3.8, 4) is 0 Å². The number of anilines is 1. The van der Waals surface area contributed by atoms with Gasteiger partial charge in [-0.1, -0.05) is 27.5 Å². The van der Waals surface area contributed by atoms with Crippen LogP contribution in [-0.2, 0) is 4.74 Å². The van der Waals surface area contributed by atoms with Gasteiger partial charge in [0.25, 0.3) is 0 Å². The van der Waals surface area contributed by atoms with E-state index in [4.69, 9.17) is 16.3 Å². The smallest absolute Gasteiger partial charge is 0.151 e. The van der Waals surface area contributed by atoms with Crippen molar-refractivity contribution >= 4 is 33.3 Å². The van der Waals surface area contributed by atoms with Gasteiger partial charge < -0.3 is 9.64 Å². The highest BCUT2D eigenvalue weighted by atomic mass is 79.9. The number of morpholine rings is 1. The molecule has 0 N–H and O–H groups in total. The Morgan fingerprint density at radius 1 is 1.65 bits per heavy atom. The Labute approximate surface area is 114 Å². The molecule has 0 bridgehead atoms. The van der Waals surface area contributed by atoms with Gasteiger partial charge in [0.05, 0.1) is 17.9 Å². The Hall–Kier alpha value is -0.390. The van der Waals surface area contributed by atoms with Crippen LogP contribution >= 0.6 is 27.5 Å². The molecule has 2 rings (SSSR count). The van der Waals surface area contributed by atoms with Crippen LogP contribution in [-0.4, -0.2) is 40.1 Å². The predicted octanol–water partition coefficient (Wildman–Crippen LogP) is 2.51. The molecule has 0 aromatic carbocycles. The summed E-state index contributed by atoms with van der Waals surface area (Å²) >= 11 is 9.59. The van der Waals surface area contributed by atoms with Crippen molar-refractivity contribution in [1.29, 1.82) is 0 Å². The molecule has 0 amide bonds. The number of rotatable bonds is 2. The van der Waals surface area contributed by atoms with Crippen molar-refractivity contribution in [3.05, 3.63) is 17.5 Å².